The molecule has 178 valence electrons. The molecule has 8 heteroatoms. The molecule has 0 amide bonds. The van der Waals surface area contributed by atoms with Gasteiger partial charge in [-0.3, -0.25) is 14.9 Å². The maximum absolute atomic E-state index is 13.8. The van der Waals surface area contributed by atoms with Crippen LogP contribution >= 0.6 is 27.7 Å². The predicted octanol–water partition coefficient (Wildman–Crippen LogP) is 7.56. The van der Waals surface area contributed by atoms with Crippen molar-refractivity contribution in [2.24, 2.45) is 0 Å². The number of halogens is 1. The number of para-hydroxylation sites is 1. The number of benzene rings is 4. The van der Waals surface area contributed by atoms with Gasteiger partial charge in [0.15, 0.2) is 5.76 Å². The van der Waals surface area contributed by atoms with Crippen molar-refractivity contribution in [1.29, 1.82) is 0 Å². The number of carbonyl (C=O) groups is 2. The van der Waals surface area contributed by atoms with Crippen LogP contribution in [0.5, 0.6) is 0 Å². The van der Waals surface area contributed by atoms with Gasteiger partial charge >= 0.3 is 5.97 Å². The SMILES string of the molecule is O=C(O/C(=C(/Sc1ccccc1[N+](=O)[O-])C(=O)c1ccccc1)c1ccccc1)c1ccc(Br)cc1. The zero-order valence-electron chi connectivity index (χ0n) is 18.7. The molecular formula is C28H18BrNO5S. The van der Waals surface area contributed by atoms with Crippen molar-refractivity contribution in [1.82, 2.24) is 0 Å². The van der Waals surface area contributed by atoms with E-state index in [9.17, 15) is 19.7 Å². The summed E-state index contributed by atoms with van der Waals surface area (Å²) in [5, 5.41) is 11.7. The van der Waals surface area contributed by atoms with Gasteiger partial charge in [0, 0.05) is 21.7 Å². The number of esters is 1. The lowest BCUT2D eigenvalue weighted by Crippen LogP contribution is -2.11. The molecule has 0 unspecified atom stereocenters. The van der Waals surface area contributed by atoms with Crippen molar-refractivity contribution in [3.63, 3.8) is 0 Å². The number of thioether (sulfide) groups is 1. The third-order valence-electron chi connectivity index (χ3n) is 5.03. The molecule has 0 bridgehead atoms. The number of hydrogen-bond donors (Lipinski definition) is 0. The van der Waals surface area contributed by atoms with E-state index in [0.29, 0.717) is 11.1 Å². The Morgan fingerprint density at radius 1 is 0.722 bits per heavy atom. The summed E-state index contributed by atoms with van der Waals surface area (Å²) in [4.78, 5) is 38.4. The molecule has 0 aliphatic heterocycles. The van der Waals surface area contributed by atoms with E-state index in [4.69, 9.17) is 4.74 Å². The molecule has 0 N–H and O–H groups in total. The highest BCUT2D eigenvalue weighted by Crippen LogP contribution is 2.40. The maximum atomic E-state index is 13.8. The maximum Gasteiger partial charge on any atom is 0.343 e. The first-order valence-electron chi connectivity index (χ1n) is 10.7. The number of rotatable bonds is 8. The van der Waals surface area contributed by atoms with Gasteiger partial charge in [0.1, 0.15) is 4.91 Å². The fourth-order valence-electron chi connectivity index (χ4n) is 3.28. The lowest BCUT2D eigenvalue weighted by molar-refractivity contribution is -0.387. The summed E-state index contributed by atoms with van der Waals surface area (Å²) < 4.78 is 6.65. The van der Waals surface area contributed by atoms with Crippen molar-refractivity contribution in [3.8, 4) is 0 Å². The highest BCUT2D eigenvalue weighted by molar-refractivity contribution is 9.10. The lowest BCUT2D eigenvalue weighted by Gasteiger charge is -2.15. The number of nitrogens with zero attached hydrogens (tertiary/aromatic N) is 1. The topological polar surface area (TPSA) is 86.5 Å². The summed E-state index contributed by atoms with van der Waals surface area (Å²) in [6.07, 6.45) is 0. The number of nitro benzene ring substituents is 1. The van der Waals surface area contributed by atoms with Crippen LogP contribution in [0.25, 0.3) is 5.76 Å². The van der Waals surface area contributed by atoms with Gasteiger partial charge in [-0.25, -0.2) is 4.79 Å². The zero-order valence-corrected chi connectivity index (χ0v) is 21.1. The van der Waals surface area contributed by atoms with E-state index in [0.717, 1.165) is 16.2 Å². The third-order valence-corrected chi connectivity index (χ3v) is 6.70. The standard InChI is InChI=1S/C28H18BrNO5S/c29-22-17-15-21(16-18-22)28(32)35-26(20-11-5-2-6-12-20)27(25(31)19-9-3-1-4-10-19)36-24-14-8-7-13-23(24)30(33)34/h1-18H/b27-26+. The van der Waals surface area contributed by atoms with Crippen LogP contribution < -0.4 is 0 Å². The Morgan fingerprint density at radius 2 is 1.28 bits per heavy atom. The lowest BCUT2D eigenvalue weighted by atomic mass is 10.1. The number of ether oxygens (including phenoxy) is 1. The summed E-state index contributed by atoms with van der Waals surface area (Å²) in [5.74, 6) is -1.08. The summed E-state index contributed by atoms with van der Waals surface area (Å²) in [6, 6.07) is 30.0. The molecule has 0 spiro atoms. The highest BCUT2D eigenvalue weighted by Gasteiger charge is 2.26. The van der Waals surface area contributed by atoms with Crippen LogP contribution in [0.2, 0.25) is 0 Å². The molecule has 4 aromatic rings. The molecule has 0 fully saturated rings. The van der Waals surface area contributed by atoms with Crippen molar-refractivity contribution in [2.75, 3.05) is 0 Å². The first-order chi connectivity index (χ1) is 17.4. The molecule has 4 rings (SSSR count). The Balaban J connectivity index is 1.90. The molecular weight excluding hydrogens is 542 g/mol. The Bertz CT molecular complexity index is 1440. The van der Waals surface area contributed by atoms with Gasteiger partial charge in [0.2, 0.25) is 5.78 Å². The van der Waals surface area contributed by atoms with E-state index >= 15 is 0 Å². The number of hydrogen-bond acceptors (Lipinski definition) is 6. The fraction of sp³-hybridized carbons (Fsp3) is 0. The third kappa shape index (κ3) is 5.97. The largest absolute Gasteiger partial charge is 0.421 e. The smallest absolute Gasteiger partial charge is 0.343 e. The normalized spacial score (nSPS) is 11.4. The van der Waals surface area contributed by atoms with Gasteiger partial charge in [0.05, 0.1) is 15.4 Å². The molecule has 0 aliphatic carbocycles. The summed E-state index contributed by atoms with van der Waals surface area (Å²) in [7, 11) is 0. The fourth-order valence-corrected chi connectivity index (χ4v) is 4.62. The van der Waals surface area contributed by atoms with Crippen LogP contribution in [0.15, 0.2) is 123 Å². The average Bonchev–Trinajstić information content (AvgIpc) is 2.91. The highest BCUT2D eigenvalue weighted by atomic mass is 79.9. The van der Waals surface area contributed by atoms with E-state index < -0.39 is 16.7 Å². The second-order valence-corrected chi connectivity index (χ2v) is 9.41. The second kappa shape index (κ2) is 11.6. The molecule has 0 heterocycles. The summed E-state index contributed by atoms with van der Waals surface area (Å²) in [5.41, 5.74) is 0.960. The number of nitro groups is 1. The quantitative estimate of drug-likeness (QED) is 0.0421. The second-order valence-electron chi connectivity index (χ2n) is 7.44. The van der Waals surface area contributed by atoms with Gasteiger partial charge in [-0.05, 0) is 30.3 Å². The Kier molecular flexibility index (Phi) is 8.10. The predicted molar refractivity (Wildman–Crippen MR) is 143 cm³/mol. The van der Waals surface area contributed by atoms with Crippen LogP contribution in [0.4, 0.5) is 5.69 Å². The van der Waals surface area contributed by atoms with Gasteiger partial charge in [-0.1, -0.05) is 100 Å². The van der Waals surface area contributed by atoms with Crippen molar-refractivity contribution < 1.29 is 19.2 Å². The Hall–Kier alpha value is -4.01. The molecule has 0 saturated heterocycles. The minimum Gasteiger partial charge on any atom is -0.421 e. The first-order valence-corrected chi connectivity index (χ1v) is 12.3. The van der Waals surface area contributed by atoms with Gasteiger partial charge < -0.3 is 4.74 Å². The zero-order chi connectivity index (χ0) is 25.5. The van der Waals surface area contributed by atoms with Gasteiger partial charge in [-0.2, -0.15) is 0 Å². The van der Waals surface area contributed by atoms with Crippen LogP contribution in [-0.2, 0) is 4.74 Å². The molecule has 0 aliphatic rings. The summed E-state index contributed by atoms with van der Waals surface area (Å²) in [6.45, 7) is 0. The Morgan fingerprint density at radius 3 is 1.89 bits per heavy atom. The molecule has 0 aromatic heterocycles. The number of Topliss-reactive ketones (excluding diaryl/α,β-unsaturated/α-hetero) is 1. The number of allylic oxidation sites excluding steroid dienone is 1. The first kappa shape index (κ1) is 25.1. The molecule has 0 atom stereocenters. The van der Waals surface area contributed by atoms with Crippen LogP contribution in [-0.4, -0.2) is 16.7 Å². The number of ketones is 1. The van der Waals surface area contributed by atoms with E-state index in [-0.39, 0.29) is 26.8 Å². The van der Waals surface area contributed by atoms with Gasteiger partial charge in [0.25, 0.3) is 5.69 Å². The monoisotopic (exact) mass is 559 g/mol. The molecule has 6 nitrogen and oxygen atoms in total. The minimum atomic E-state index is -0.664. The van der Waals surface area contributed by atoms with E-state index in [2.05, 4.69) is 15.9 Å². The van der Waals surface area contributed by atoms with Gasteiger partial charge in [-0.15, -0.1) is 0 Å². The van der Waals surface area contributed by atoms with E-state index in [1.54, 1.807) is 103 Å². The average molecular weight is 560 g/mol. The molecule has 4 aromatic carbocycles. The van der Waals surface area contributed by atoms with E-state index in [1.807, 2.05) is 0 Å². The van der Waals surface area contributed by atoms with E-state index in [1.165, 1.54) is 6.07 Å². The Labute approximate surface area is 219 Å². The van der Waals surface area contributed by atoms with Crippen LogP contribution in [0, 0.1) is 10.1 Å². The molecule has 0 radical (unpaired) electrons. The molecule has 0 saturated carbocycles. The van der Waals surface area contributed by atoms with Crippen molar-refractivity contribution in [2.45, 2.75) is 4.90 Å². The number of carbonyl (C=O) groups excluding carboxylic acids is 2. The molecule has 36 heavy (non-hydrogen) atoms. The van der Waals surface area contributed by atoms with Crippen molar-refractivity contribution in [3.05, 3.63) is 145 Å². The van der Waals surface area contributed by atoms with Crippen molar-refractivity contribution >= 4 is 50.9 Å². The summed E-state index contributed by atoms with van der Waals surface area (Å²) >= 11 is 4.23. The van der Waals surface area contributed by atoms with Crippen LogP contribution in [0.1, 0.15) is 26.3 Å². The van der Waals surface area contributed by atoms with Crippen LogP contribution in [0.3, 0.4) is 0 Å². The minimum absolute atomic E-state index is 0.0144.